The fourth-order valence-electron chi connectivity index (χ4n) is 2.20. The predicted molar refractivity (Wildman–Crippen MR) is 96.0 cm³/mol. The SMILES string of the molecule is O=C(O)c1ccccc1Nc1nc(F)nc(Nc2ccc(S(=O)(=O)O)cc2)n1. The van der Waals surface area contributed by atoms with E-state index >= 15 is 0 Å². The molecule has 28 heavy (non-hydrogen) atoms. The van der Waals surface area contributed by atoms with Gasteiger partial charge in [-0.25, -0.2) is 4.79 Å². The number of hydrogen-bond donors (Lipinski definition) is 4. The van der Waals surface area contributed by atoms with Crippen molar-refractivity contribution >= 4 is 39.4 Å². The van der Waals surface area contributed by atoms with Crippen LogP contribution in [0, 0.1) is 6.08 Å². The van der Waals surface area contributed by atoms with Crippen molar-refractivity contribution in [1.82, 2.24) is 15.0 Å². The molecule has 0 saturated carbocycles. The Morgan fingerprint density at radius 1 is 0.929 bits per heavy atom. The van der Waals surface area contributed by atoms with Gasteiger partial charge in [0, 0.05) is 5.69 Å². The number of rotatable bonds is 6. The van der Waals surface area contributed by atoms with Crippen LogP contribution in [0.5, 0.6) is 0 Å². The van der Waals surface area contributed by atoms with Gasteiger partial charge >= 0.3 is 12.0 Å². The van der Waals surface area contributed by atoms with E-state index in [4.69, 9.17) is 4.55 Å². The summed E-state index contributed by atoms with van der Waals surface area (Å²) in [5, 5.41) is 14.5. The van der Waals surface area contributed by atoms with Crippen molar-refractivity contribution in [3.63, 3.8) is 0 Å². The lowest BCUT2D eigenvalue weighted by molar-refractivity contribution is 0.0698. The van der Waals surface area contributed by atoms with Gasteiger partial charge in [0.25, 0.3) is 10.1 Å². The van der Waals surface area contributed by atoms with Crippen molar-refractivity contribution in [2.75, 3.05) is 10.6 Å². The maximum Gasteiger partial charge on any atom is 0.337 e. The summed E-state index contributed by atoms with van der Waals surface area (Å²) < 4.78 is 44.8. The molecule has 0 radical (unpaired) electrons. The lowest BCUT2D eigenvalue weighted by Gasteiger charge is -2.10. The van der Waals surface area contributed by atoms with E-state index in [1.807, 2.05) is 0 Å². The van der Waals surface area contributed by atoms with E-state index in [1.165, 1.54) is 30.3 Å². The molecule has 0 aliphatic carbocycles. The highest BCUT2D eigenvalue weighted by molar-refractivity contribution is 7.85. The van der Waals surface area contributed by atoms with Gasteiger partial charge in [0.05, 0.1) is 16.1 Å². The summed E-state index contributed by atoms with van der Waals surface area (Å²) in [6.45, 7) is 0. The Bertz CT molecular complexity index is 1140. The van der Waals surface area contributed by atoms with E-state index < -0.39 is 22.2 Å². The maximum atomic E-state index is 13.7. The fourth-order valence-corrected chi connectivity index (χ4v) is 2.68. The van der Waals surface area contributed by atoms with Gasteiger partial charge in [-0.1, -0.05) is 12.1 Å². The summed E-state index contributed by atoms with van der Waals surface area (Å²) in [6.07, 6.45) is -1.12. The number of carboxylic acids is 1. The molecule has 0 saturated heterocycles. The Hall–Kier alpha value is -3.64. The first kappa shape index (κ1) is 19.1. The molecule has 0 aliphatic heterocycles. The number of nitrogens with one attached hydrogen (secondary N) is 2. The molecule has 3 rings (SSSR count). The average Bonchev–Trinajstić information content (AvgIpc) is 2.61. The molecule has 0 atom stereocenters. The summed E-state index contributed by atoms with van der Waals surface area (Å²) in [5.74, 6) is -1.63. The zero-order chi connectivity index (χ0) is 20.3. The lowest BCUT2D eigenvalue weighted by Crippen LogP contribution is -2.08. The van der Waals surface area contributed by atoms with Crippen LogP contribution >= 0.6 is 0 Å². The Kier molecular flexibility index (Phi) is 5.15. The molecule has 12 heteroatoms. The van der Waals surface area contributed by atoms with E-state index in [2.05, 4.69) is 25.6 Å². The Balaban J connectivity index is 1.85. The summed E-state index contributed by atoms with van der Waals surface area (Å²) in [6, 6.07) is 10.8. The zero-order valence-electron chi connectivity index (χ0n) is 13.9. The second kappa shape index (κ2) is 7.54. The quantitative estimate of drug-likeness (QED) is 0.449. The van der Waals surface area contributed by atoms with Crippen LogP contribution in [0.3, 0.4) is 0 Å². The van der Waals surface area contributed by atoms with Crippen molar-refractivity contribution in [2.45, 2.75) is 4.90 Å². The van der Waals surface area contributed by atoms with Crippen LogP contribution in [0.15, 0.2) is 53.4 Å². The number of anilines is 4. The van der Waals surface area contributed by atoms with Crippen molar-refractivity contribution < 1.29 is 27.3 Å². The molecule has 2 aromatic carbocycles. The smallest absolute Gasteiger partial charge is 0.337 e. The van der Waals surface area contributed by atoms with Gasteiger partial charge in [-0.3, -0.25) is 4.55 Å². The first-order valence-corrected chi connectivity index (χ1v) is 9.02. The molecular weight excluding hydrogens is 393 g/mol. The van der Waals surface area contributed by atoms with Crippen LogP contribution in [0.2, 0.25) is 0 Å². The second-order valence-corrected chi connectivity index (χ2v) is 6.77. The van der Waals surface area contributed by atoms with Crippen LogP contribution in [-0.4, -0.2) is 39.0 Å². The first-order chi connectivity index (χ1) is 13.2. The monoisotopic (exact) mass is 405 g/mol. The van der Waals surface area contributed by atoms with Gasteiger partial charge in [0.15, 0.2) is 0 Å². The molecule has 144 valence electrons. The molecule has 0 fully saturated rings. The van der Waals surface area contributed by atoms with Crippen LogP contribution in [0.1, 0.15) is 10.4 Å². The fraction of sp³-hybridized carbons (Fsp3) is 0. The van der Waals surface area contributed by atoms with E-state index in [-0.39, 0.29) is 28.0 Å². The summed E-state index contributed by atoms with van der Waals surface area (Å²) in [5.41, 5.74) is 0.414. The Morgan fingerprint density at radius 3 is 2.14 bits per heavy atom. The highest BCUT2D eigenvalue weighted by Gasteiger charge is 2.13. The third kappa shape index (κ3) is 4.55. The minimum Gasteiger partial charge on any atom is -0.478 e. The van der Waals surface area contributed by atoms with Gasteiger partial charge < -0.3 is 15.7 Å². The van der Waals surface area contributed by atoms with E-state index in [0.717, 1.165) is 12.1 Å². The number of hydrogen-bond acceptors (Lipinski definition) is 8. The van der Waals surface area contributed by atoms with Gasteiger partial charge in [-0.15, -0.1) is 0 Å². The molecule has 0 unspecified atom stereocenters. The van der Waals surface area contributed by atoms with Crippen LogP contribution in [0.25, 0.3) is 0 Å². The standard InChI is InChI=1S/C16H12FN5O5S/c17-14-20-15(18-9-5-7-10(8-6-9)28(25,26)27)22-16(21-14)19-12-4-2-1-3-11(12)13(23)24/h1-8H,(H,23,24)(H,25,26,27)(H2,18,19,20,21,22). The first-order valence-electron chi connectivity index (χ1n) is 7.58. The highest BCUT2D eigenvalue weighted by atomic mass is 32.2. The molecular formula is C16H12FN5O5S. The number of carboxylic acid groups (broad SMARTS) is 1. The number of carbonyl (C=O) groups is 1. The normalized spacial score (nSPS) is 11.1. The number of benzene rings is 2. The van der Waals surface area contributed by atoms with Crippen molar-refractivity contribution in [2.24, 2.45) is 0 Å². The van der Waals surface area contributed by atoms with Crippen molar-refractivity contribution in [3.8, 4) is 0 Å². The minimum atomic E-state index is -4.34. The van der Waals surface area contributed by atoms with Gasteiger partial charge in [0.1, 0.15) is 0 Å². The molecule has 0 spiro atoms. The molecule has 3 aromatic rings. The largest absolute Gasteiger partial charge is 0.478 e. The van der Waals surface area contributed by atoms with Crippen molar-refractivity contribution in [1.29, 1.82) is 0 Å². The van der Waals surface area contributed by atoms with E-state index in [0.29, 0.717) is 5.69 Å². The molecule has 10 nitrogen and oxygen atoms in total. The van der Waals surface area contributed by atoms with Crippen LogP contribution < -0.4 is 10.6 Å². The van der Waals surface area contributed by atoms with Gasteiger partial charge in [0.2, 0.25) is 11.9 Å². The number of halogens is 1. The lowest BCUT2D eigenvalue weighted by atomic mass is 10.2. The third-order valence-corrected chi connectivity index (χ3v) is 4.29. The summed E-state index contributed by atoms with van der Waals surface area (Å²) >= 11 is 0. The predicted octanol–water partition coefficient (Wildman–Crippen LogP) is 2.44. The zero-order valence-corrected chi connectivity index (χ0v) is 14.7. The number of nitrogens with zero attached hydrogens (tertiary/aromatic N) is 3. The van der Waals surface area contributed by atoms with Crippen LogP contribution in [-0.2, 0) is 10.1 Å². The number of aromatic nitrogens is 3. The summed E-state index contributed by atoms with van der Waals surface area (Å²) in [7, 11) is -4.34. The second-order valence-electron chi connectivity index (χ2n) is 5.35. The van der Waals surface area contributed by atoms with Crippen molar-refractivity contribution in [3.05, 3.63) is 60.2 Å². The molecule has 1 aromatic heterocycles. The van der Waals surface area contributed by atoms with E-state index in [9.17, 15) is 22.7 Å². The molecule has 1 heterocycles. The average molecular weight is 405 g/mol. The minimum absolute atomic E-state index is 0.0568. The Labute approximate surface area is 157 Å². The topological polar surface area (TPSA) is 154 Å². The van der Waals surface area contributed by atoms with Crippen LogP contribution in [0.4, 0.5) is 27.7 Å². The number of para-hydroxylation sites is 1. The summed E-state index contributed by atoms with van der Waals surface area (Å²) in [4.78, 5) is 21.8. The number of aromatic carboxylic acids is 1. The molecule has 0 amide bonds. The Morgan fingerprint density at radius 2 is 1.54 bits per heavy atom. The maximum absolute atomic E-state index is 13.7. The third-order valence-electron chi connectivity index (χ3n) is 3.42. The van der Waals surface area contributed by atoms with Gasteiger partial charge in [-0.2, -0.15) is 27.8 Å². The van der Waals surface area contributed by atoms with E-state index in [1.54, 1.807) is 6.07 Å². The molecule has 4 N–H and O–H groups in total. The van der Waals surface area contributed by atoms with Gasteiger partial charge in [-0.05, 0) is 36.4 Å². The highest BCUT2D eigenvalue weighted by Crippen LogP contribution is 2.21. The molecule has 0 aliphatic rings. The molecule has 0 bridgehead atoms.